The average molecular weight is 525 g/mol. The number of nitrogens with one attached hydrogen (secondary N) is 3. The summed E-state index contributed by atoms with van der Waals surface area (Å²) in [5.41, 5.74) is 1.82. The zero-order valence-corrected chi connectivity index (χ0v) is 22.0. The van der Waals surface area contributed by atoms with Crippen molar-refractivity contribution >= 4 is 32.3 Å². The number of nitrogens with zero attached hydrogens (tertiary/aromatic N) is 3. The Morgan fingerprint density at radius 2 is 1.89 bits per heavy atom. The van der Waals surface area contributed by atoms with Gasteiger partial charge in [-0.05, 0) is 81.5 Å². The molecule has 0 aliphatic heterocycles. The lowest BCUT2D eigenvalue weighted by Crippen LogP contribution is -2.36. The van der Waals surface area contributed by atoms with Gasteiger partial charge in [0.05, 0.1) is 16.8 Å². The van der Waals surface area contributed by atoms with Gasteiger partial charge in [-0.2, -0.15) is 0 Å². The molecule has 0 radical (unpaired) electrons. The standard InChI is InChI=1S/C27H33FN6O2S/c1-27(2,28)14-33-37(35,36)25-21-9-20(34-24-13-29-15-32-26(24)31-11-16-3-4-16)8-18(21)7-19-12-30-23(10-22(19)25)17-5-6-17/h7,10,12-13,15-17,20,33-34H,3-6,8-9,11,14H2,1-2H3,(H,29,31,32). The third-order valence-electron chi connectivity index (χ3n) is 7.38. The summed E-state index contributed by atoms with van der Waals surface area (Å²) in [7, 11) is -3.97. The predicted molar refractivity (Wildman–Crippen MR) is 142 cm³/mol. The summed E-state index contributed by atoms with van der Waals surface area (Å²) in [6.45, 7) is 3.33. The molecule has 3 aromatic rings. The van der Waals surface area contributed by atoms with E-state index in [2.05, 4.69) is 36.4 Å². The fourth-order valence-electron chi connectivity index (χ4n) is 5.08. The molecule has 0 amide bonds. The van der Waals surface area contributed by atoms with Crippen molar-refractivity contribution in [2.75, 3.05) is 23.7 Å². The highest BCUT2D eigenvalue weighted by Crippen LogP contribution is 2.42. The molecule has 0 saturated heterocycles. The molecular formula is C27H33FN6O2S. The topological polar surface area (TPSA) is 109 Å². The molecule has 3 N–H and O–H groups in total. The third-order valence-corrected chi connectivity index (χ3v) is 8.91. The molecule has 2 aromatic heterocycles. The van der Waals surface area contributed by atoms with Crippen LogP contribution in [0.25, 0.3) is 10.8 Å². The van der Waals surface area contributed by atoms with Crippen LogP contribution in [0.15, 0.2) is 35.7 Å². The highest BCUT2D eigenvalue weighted by molar-refractivity contribution is 7.89. The van der Waals surface area contributed by atoms with E-state index < -0.39 is 15.7 Å². The van der Waals surface area contributed by atoms with Crippen LogP contribution in [-0.2, 0) is 22.9 Å². The maximum absolute atomic E-state index is 14.3. The van der Waals surface area contributed by atoms with Crippen LogP contribution in [0, 0.1) is 5.92 Å². The van der Waals surface area contributed by atoms with Gasteiger partial charge in [0, 0.05) is 47.7 Å². The van der Waals surface area contributed by atoms with E-state index in [4.69, 9.17) is 0 Å². The van der Waals surface area contributed by atoms with Crippen molar-refractivity contribution in [1.29, 1.82) is 0 Å². The molecule has 2 fully saturated rings. The quantitative estimate of drug-likeness (QED) is 0.362. The van der Waals surface area contributed by atoms with E-state index in [0.29, 0.717) is 30.1 Å². The molecule has 3 aliphatic carbocycles. The number of pyridine rings is 1. The van der Waals surface area contributed by atoms with E-state index in [1.807, 2.05) is 6.07 Å². The highest BCUT2D eigenvalue weighted by Gasteiger charge is 2.34. The number of benzene rings is 1. The van der Waals surface area contributed by atoms with Gasteiger partial charge in [0.1, 0.15) is 12.0 Å². The molecule has 2 saturated carbocycles. The first kappa shape index (κ1) is 24.5. The van der Waals surface area contributed by atoms with Crippen molar-refractivity contribution in [3.8, 4) is 0 Å². The van der Waals surface area contributed by atoms with E-state index in [1.54, 1.807) is 12.4 Å². The maximum Gasteiger partial charge on any atom is 0.241 e. The summed E-state index contributed by atoms with van der Waals surface area (Å²) < 4.78 is 44.2. The Morgan fingerprint density at radius 1 is 1.08 bits per heavy atom. The van der Waals surface area contributed by atoms with Crippen LogP contribution in [-0.4, -0.2) is 48.2 Å². The smallest absolute Gasteiger partial charge is 0.241 e. The Balaban J connectivity index is 1.34. The lowest BCUT2D eigenvalue weighted by molar-refractivity contribution is 0.221. The van der Waals surface area contributed by atoms with Gasteiger partial charge in [-0.25, -0.2) is 27.5 Å². The molecular weight excluding hydrogens is 491 g/mol. The SMILES string of the molecule is CC(C)(F)CNS(=O)(=O)c1c2c(cc3cnc(C4CC4)cc13)CC(Nc1cncnc1NCC1CC1)C2. The van der Waals surface area contributed by atoms with Crippen molar-refractivity contribution in [3.05, 3.63) is 47.7 Å². The largest absolute Gasteiger partial charge is 0.377 e. The first-order valence-corrected chi connectivity index (χ1v) is 14.6. The number of hydrogen-bond donors (Lipinski definition) is 3. The van der Waals surface area contributed by atoms with Crippen LogP contribution in [0.4, 0.5) is 15.9 Å². The minimum atomic E-state index is -3.97. The highest BCUT2D eigenvalue weighted by atomic mass is 32.2. The van der Waals surface area contributed by atoms with E-state index in [0.717, 1.165) is 53.1 Å². The van der Waals surface area contributed by atoms with Gasteiger partial charge >= 0.3 is 0 Å². The number of anilines is 2. The summed E-state index contributed by atoms with van der Waals surface area (Å²) in [6, 6.07) is 3.96. The Hall–Kier alpha value is -2.85. The van der Waals surface area contributed by atoms with Crippen LogP contribution in [0.1, 0.15) is 62.3 Å². The van der Waals surface area contributed by atoms with Crippen molar-refractivity contribution in [2.45, 2.75) is 74.9 Å². The summed E-state index contributed by atoms with van der Waals surface area (Å²) >= 11 is 0. The summed E-state index contributed by atoms with van der Waals surface area (Å²) in [5.74, 6) is 1.86. The fourth-order valence-corrected chi connectivity index (χ4v) is 6.76. The third kappa shape index (κ3) is 5.40. The molecule has 1 atom stereocenters. The average Bonchev–Trinajstić information content (AvgIpc) is 3.77. The number of hydrogen-bond acceptors (Lipinski definition) is 7. The minimum absolute atomic E-state index is 0.0262. The molecule has 10 heteroatoms. The number of halogens is 1. The van der Waals surface area contributed by atoms with Crippen molar-refractivity contribution < 1.29 is 12.8 Å². The second kappa shape index (κ2) is 9.16. The molecule has 196 valence electrons. The first-order chi connectivity index (χ1) is 17.7. The van der Waals surface area contributed by atoms with Gasteiger partial charge in [-0.3, -0.25) is 4.98 Å². The summed E-state index contributed by atoms with van der Waals surface area (Å²) in [4.78, 5) is 13.5. The van der Waals surface area contributed by atoms with Gasteiger partial charge in [-0.15, -0.1) is 0 Å². The normalized spacial score (nSPS) is 19.7. The summed E-state index contributed by atoms with van der Waals surface area (Å²) in [6.07, 6.45) is 10.9. The van der Waals surface area contributed by atoms with Gasteiger partial charge in [0.2, 0.25) is 10.0 Å². The Labute approximate surface area is 216 Å². The van der Waals surface area contributed by atoms with Gasteiger partial charge in [0.25, 0.3) is 0 Å². The predicted octanol–water partition coefficient (Wildman–Crippen LogP) is 4.33. The second-order valence-electron chi connectivity index (χ2n) is 11.4. The number of sulfonamides is 1. The van der Waals surface area contributed by atoms with Crippen LogP contribution in [0.2, 0.25) is 0 Å². The molecule has 2 heterocycles. The maximum atomic E-state index is 14.3. The number of rotatable bonds is 10. The van der Waals surface area contributed by atoms with Crippen LogP contribution >= 0.6 is 0 Å². The first-order valence-electron chi connectivity index (χ1n) is 13.1. The van der Waals surface area contributed by atoms with E-state index in [9.17, 15) is 12.8 Å². The zero-order valence-electron chi connectivity index (χ0n) is 21.2. The van der Waals surface area contributed by atoms with Crippen molar-refractivity contribution in [1.82, 2.24) is 19.7 Å². The zero-order chi connectivity index (χ0) is 25.8. The fraction of sp³-hybridized carbons (Fsp3) is 0.519. The number of aromatic nitrogens is 3. The van der Waals surface area contributed by atoms with E-state index >= 15 is 0 Å². The van der Waals surface area contributed by atoms with Gasteiger partial charge in [0.15, 0.2) is 5.82 Å². The number of alkyl halides is 1. The monoisotopic (exact) mass is 524 g/mol. The molecule has 1 unspecified atom stereocenters. The van der Waals surface area contributed by atoms with Crippen LogP contribution in [0.3, 0.4) is 0 Å². The van der Waals surface area contributed by atoms with Crippen molar-refractivity contribution in [2.24, 2.45) is 5.92 Å². The molecule has 6 rings (SSSR count). The molecule has 3 aliphatic rings. The molecule has 37 heavy (non-hydrogen) atoms. The Kier molecular flexibility index (Phi) is 6.06. The molecule has 0 bridgehead atoms. The molecule has 8 nitrogen and oxygen atoms in total. The van der Waals surface area contributed by atoms with Gasteiger partial charge in [-0.1, -0.05) is 0 Å². The second-order valence-corrected chi connectivity index (χ2v) is 13.1. The van der Waals surface area contributed by atoms with Gasteiger partial charge < -0.3 is 10.6 Å². The van der Waals surface area contributed by atoms with Crippen LogP contribution in [0.5, 0.6) is 0 Å². The Bertz CT molecular complexity index is 1450. The van der Waals surface area contributed by atoms with E-state index in [-0.39, 0.29) is 17.5 Å². The lowest BCUT2D eigenvalue weighted by atomic mass is 10.0. The Morgan fingerprint density at radius 3 is 2.62 bits per heavy atom. The molecule has 0 spiro atoms. The summed E-state index contributed by atoms with van der Waals surface area (Å²) in [5, 5.41) is 8.43. The van der Waals surface area contributed by atoms with E-state index in [1.165, 1.54) is 33.0 Å². The lowest BCUT2D eigenvalue weighted by Gasteiger charge is -2.19. The van der Waals surface area contributed by atoms with Crippen molar-refractivity contribution in [3.63, 3.8) is 0 Å². The number of fused-ring (bicyclic) bond motifs is 2. The minimum Gasteiger partial charge on any atom is -0.377 e. The van der Waals surface area contributed by atoms with Crippen LogP contribution < -0.4 is 15.4 Å². The molecule has 1 aromatic carbocycles.